The van der Waals surface area contributed by atoms with Crippen molar-refractivity contribution < 1.29 is 4.89 Å². The number of hydrogen-bond donors (Lipinski definition) is 2. The summed E-state index contributed by atoms with van der Waals surface area (Å²) < 4.78 is 0. The Morgan fingerprint density at radius 3 is 2.43 bits per heavy atom. The minimum Gasteiger partial charge on any atom is -0.393 e. The van der Waals surface area contributed by atoms with Crippen LogP contribution in [0.25, 0.3) is 0 Å². The predicted octanol–water partition coefficient (Wildman–Crippen LogP) is 2.38. The van der Waals surface area contributed by atoms with E-state index in [2.05, 4.69) is 0 Å². The molecule has 0 heterocycles. The molecule has 0 aromatic rings. The smallest absolute Gasteiger partial charge is 0.0731 e. The lowest BCUT2D eigenvalue weighted by Gasteiger charge is -2.29. The molecular weight excluding hydrogens is 233 g/mol. The van der Waals surface area contributed by atoms with Crippen molar-refractivity contribution in [2.24, 2.45) is 5.73 Å². The van der Waals surface area contributed by atoms with Crippen molar-refractivity contribution in [2.45, 2.75) is 44.2 Å². The van der Waals surface area contributed by atoms with Gasteiger partial charge in [0, 0.05) is 18.2 Å². The van der Waals surface area contributed by atoms with Crippen LogP contribution >= 0.6 is 18.5 Å². The van der Waals surface area contributed by atoms with E-state index in [-0.39, 0.29) is 0 Å². The van der Waals surface area contributed by atoms with Gasteiger partial charge in [-0.15, -0.1) is 0 Å². The quantitative estimate of drug-likeness (QED) is 0.595. The van der Waals surface area contributed by atoms with Crippen LogP contribution in [0, 0.1) is 0 Å². The first-order valence-corrected chi connectivity index (χ1v) is 8.54. The average Bonchev–Trinajstić information content (AvgIpc) is 2.16. The Kier molecular flexibility index (Phi) is 4.98. The molecule has 14 heavy (non-hydrogen) atoms. The van der Waals surface area contributed by atoms with Gasteiger partial charge in [-0.25, -0.2) is 0 Å². The predicted molar refractivity (Wildman–Crippen MR) is 69.6 cm³/mol. The molecule has 0 spiro atoms. The second kappa shape index (κ2) is 5.55. The van der Waals surface area contributed by atoms with Crippen molar-refractivity contribution in [3.05, 3.63) is 0 Å². The van der Waals surface area contributed by atoms with Crippen LogP contribution < -0.4 is 5.73 Å². The molecule has 1 atom stereocenters. The van der Waals surface area contributed by atoms with Crippen molar-refractivity contribution >= 4 is 35.3 Å². The van der Waals surface area contributed by atoms with E-state index in [1.807, 2.05) is 0 Å². The summed E-state index contributed by atoms with van der Waals surface area (Å²) in [6.45, 7) is 0. The standard InChI is InChI=1S/C9H18NOPS2/c10-9(13)6-7-12(11,14)8-4-2-1-3-5-8/h8H,1-7H2,(H2,10,13)(H,11,14). The maximum Gasteiger partial charge on any atom is 0.0731 e. The maximum absolute atomic E-state index is 10.2. The van der Waals surface area contributed by atoms with Gasteiger partial charge in [0.25, 0.3) is 0 Å². The van der Waals surface area contributed by atoms with E-state index in [4.69, 9.17) is 29.8 Å². The van der Waals surface area contributed by atoms with Gasteiger partial charge in [0.2, 0.25) is 0 Å². The minimum atomic E-state index is -2.16. The van der Waals surface area contributed by atoms with Gasteiger partial charge in [0.15, 0.2) is 0 Å². The van der Waals surface area contributed by atoms with E-state index < -0.39 is 6.26 Å². The van der Waals surface area contributed by atoms with Crippen molar-refractivity contribution in [3.8, 4) is 0 Å². The molecule has 0 bridgehead atoms. The average molecular weight is 251 g/mol. The Morgan fingerprint density at radius 1 is 1.36 bits per heavy atom. The maximum atomic E-state index is 10.2. The normalized spacial score (nSPS) is 22.9. The molecule has 1 saturated carbocycles. The molecule has 82 valence electrons. The molecule has 1 rings (SSSR count). The highest BCUT2D eigenvalue weighted by molar-refractivity contribution is 8.12. The fourth-order valence-corrected chi connectivity index (χ4v) is 5.20. The van der Waals surface area contributed by atoms with Crippen LogP contribution in [0.1, 0.15) is 38.5 Å². The van der Waals surface area contributed by atoms with Crippen LogP contribution in [0.2, 0.25) is 0 Å². The molecule has 1 aliphatic rings. The summed E-state index contributed by atoms with van der Waals surface area (Å²) in [6, 6.07) is 0. The van der Waals surface area contributed by atoms with Crippen molar-refractivity contribution in [1.82, 2.24) is 0 Å². The Bertz CT molecular complexity index is 251. The summed E-state index contributed by atoms with van der Waals surface area (Å²) in [6.07, 6.45) is 5.03. The van der Waals surface area contributed by atoms with Gasteiger partial charge < -0.3 is 10.6 Å². The Balaban J connectivity index is 2.45. The van der Waals surface area contributed by atoms with Crippen LogP contribution in [0.4, 0.5) is 0 Å². The minimum absolute atomic E-state index is 0.376. The zero-order valence-corrected chi connectivity index (χ0v) is 10.8. The first-order chi connectivity index (χ1) is 6.52. The van der Waals surface area contributed by atoms with Gasteiger partial charge in [0.1, 0.15) is 0 Å². The van der Waals surface area contributed by atoms with Gasteiger partial charge in [0.05, 0.1) is 11.3 Å². The van der Waals surface area contributed by atoms with Crippen LogP contribution in [0.3, 0.4) is 0 Å². The van der Waals surface area contributed by atoms with E-state index in [0.717, 1.165) is 12.8 Å². The van der Waals surface area contributed by atoms with E-state index in [1.165, 1.54) is 19.3 Å². The Morgan fingerprint density at radius 2 is 1.93 bits per heavy atom. The highest BCUT2D eigenvalue weighted by Gasteiger charge is 2.27. The molecule has 0 saturated heterocycles. The van der Waals surface area contributed by atoms with E-state index in [9.17, 15) is 4.89 Å². The zero-order chi connectivity index (χ0) is 10.6. The van der Waals surface area contributed by atoms with Crippen LogP contribution in [-0.2, 0) is 11.8 Å². The number of rotatable bonds is 4. The highest BCUT2D eigenvalue weighted by atomic mass is 32.4. The lowest BCUT2D eigenvalue weighted by molar-refractivity contribution is 0.482. The highest BCUT2D eigenvalue weighted by Crippen LogP contribution is 2.52. The lowest BCUT2D eigenvalue weighted by atomic mass is 10.0. The summed E-state index contributed by atoms with van der Waals surface area (Å²) in [5.41, 5.74) is 5.80. The molecule has 5 heteroatoms. The van der Waals surface area contributed by atoms with E-state index in [1.54, 1.807) is 0 Å². The monoisotopic (exact) mass is 251 g/mol. The molecular formula is C9H18NOPS2. The molecule has 2 nitrogen and oxygen atoms in total. The fraction of sp³-hybridized carbons (Fsp3) is 0.889. The first-order valence-electron chi connectivity index (χ1n) is 5.12. The van der Waals surface area contributed by atoms with Crippen LogP contribution in [0.5, 0.6) is 0 Å². The van der Waals surface area contributed by atoms with Crippen molar-refractivity contribution in [3.63, 3.8) is 0 Å². The van der Waals surface area contributed by atoms with Crippen LogP contribution in [-0.4, -0.2) is 21.7 Å². The number of nitrogens with two attached hydrogens (primary N) is 1. The van der Waals surface area contributed by atoms with E-state index >= 15 is 0 Å². The Hall–Kier alpha value is 0.500. The third kappa shape index (κ3) is 3.93. The fourth-order valence-electron chi connectivity index (χ4n) is 1.94. The molecule has 1 unspecified atom stereocenters. The first kappa shape index (κ1) is 12.6. The summed E-state index contributed by atoms with van der Waals surface area (Å²) in [7, 11) is 0. The topological polar surface area (TPSA) is 46.2 Å². The lowest BCUT2D eigenvalue weighted by Crippen LogP contribution is -2.17. The summed E-state index contributed by atoms with van der Waals surface area (Å²) >= 11 is 10.1. The number of thiocarbonyl (C=S) groups is 1. The van der Waals surface area contributed by atoms with Gasteiger partial charge in [-0.1, -0.05) is 43.3 Å². The molecule has 0 radical (unpaired) electrons. The number of hydrogen-bond acceptors (Lipinski definition) is 2. The van der Waals surface area contributed by atoms with Crippen molar-refractivity contribution in [1.29, 1.82) is 0 Å². The molecule has 0 amide bonds. The molecule has 3 N–H and O–H groups in total. The van der Waals surface area contributed by atoms with Gasteiger partial charge in [-0.05, 0) is 12.8 Å². The van der Waals surface area contributed by atoms with Gasteiger partial charge in [-0.3, -0.25) is 0 Å². The largest absolute Gasteiger partial charge is 0.393 e. The summed E-state index contributed by atoms with van der Waals surface area (Å²) in [5.74, 6) is 0. The van der Waals surface area contributed by atoms with Gasteiger partial charge >= 0.3 is 0 Å². The molecule has 0 aromatic heterocycles. The molecule has 0 aliphatic heterocycles. The zero-order valence-electron chi connectivity index (χ0n) is 8.32. The second-order valence-electron chi connectivity index (χ2n) is 3.99. The third-order valence-electron chi connectivity index (χ3n) is 2.82. The summed E-state index contributed by atoms with van der Waals surface area (Å²) in [4.78, 5) is 10.7. The molecule has 0 aromatic carbocycles. The second-order valence-corrected chi connectivity index (χ2v) is 9.10. The molecule has 1 fully saturated rings. The Labute approximate surface area is 96.4 Å². The van der Waals surface area contributed by atoms with Gasteiger partial charge in [-0.2, -0.15) is 0 Å². The summed E-state index contributed by atoms with van der Waals surface area (Å²) in [5, 5.41) is 0. The van der Waals surface area contributed by atoms with E-state index in [0.29, 0.717) is 23.2 Å². The molecule has 1 aliphatic carbocycles. The van der Waals surface area contributed by atoms with Crippen molar-refractivity contribution in [2.75, 3.05) is 6.16 Å². The third-order valence-corrected chi connectivity index (χ3v) is 6.99. The van der Waals surface area contributed by atoms with Crippen LogP contribution in [0.15, 0.2) is 0 Å². The SMILES string of the molecule is NC(=S)CCP(O)(=S)C1CCCCC1.